The lowest BCUT2D eigenvalue weighted by molar-refractivity contribution is -0.147. The second-order valence-electron chi connectivity index (χ2n) is 2.45. The standard InChI is InChI=1S/C7H16O3/c1-4-10-7(9)5(2)6(3)8/h5-9H,4H2,1-3H3/t5-,6-,7-/m0/s1. The van der Waals surface area contributed by atoms with Gasteiger partial charge in [0, 0.05) is 12.5 Å². The van der Waals surface area contributed by atoms with Gasteiger partial charge in [-0.1, -0.05) is 6.92 Å². The molecule has 0 bridgehead atoms. The number of hydrogen-bond acceptors (Lipinski definition) is 3. The Hall–Kier alpha value is -0.120. The fourth-order valence-electron chi connectivity index (χ4n) is 0.561. The van der Waals surface area contributed by atoms with E-state index in [0.29, 0.717) is 6.61 Å². The third-order valence-electron chi connectivity index (χ3n) is 1.55. The van der Waals surface area contributed by atoms with Gasteiger partial charge in [-0.3, -0.25) is 0 Å². The van der Waals surface area contributed by atoms with Crippen LogP contribution in [-0.2, 0) is 4.74 Å². The van der Waals surface area contributed by atoms with E-state index in [1.807, 2.05) is 0 Å². The van der Waals surface area contributed by atoms with Gasteiger partial charge < -0.3 is 14.9 Å². The molecule has 0 aliphatic carbocycles. The number of hydrogen-bond donors (Lipinski definition) is 2. The number of aliphatic hydroxyl groups excluding tert-OH is 2. The maximum Gasteiger partial charge on any atom is 0.159 e. The Balaban J connectivity index is 3.58. The van der Waals surface area contributed by atoms with Crippen LogP contribution < -0.4 is 0 Å². The van der Waals surface area contributed by atoms with Crippen molar-refractivity contribution in [2.75, 3.05) is 6.61 Å². The van der Waals surface area contributed by atoms with Crippen LogP contribution in [0.5, 0.6) is 0 Å². The minimum atomic E-state index is -0.843. The molecular formula is C7H16O3. The predicted octanol–water partition coefficient (Wildman–Crippen LogP) is 0.358. The Morgan fingerprint density at radius 2 is 1.80 bits per heavy atom. The van der Waals surface area contributed by atoms with Crippen molar-refractivity contribution in [3.05, 3.63) is 0 Å². The third kappa shape index (κ3) is 3.15. The monoisotopic (exact) mass is 148 g/mol. The van der Waals surface area contributed by atoms with Gasteiger partial charge in [-0.25, -0.2) is 0 Å². The van der Waals surface area contributed by atoms with Gasteiger partial charge in [-0.15, -0.1) is 0 Å². The van der Waals surface area contributed by atoms with E-state index >= 15 is 0 Å². The molecule has 0 aromatic rings. The van der Waals surface area contributed by atoms with E-state index in [1.54, 1.807) is 20.8 Å². The van der Waals surface area contributed by atoms with E-state index < -0.39 is 12.4 Å². The van der Waals surface area contributed by atoms with Crippen LogP contribution >= 0.6 is 0 Å². The van der Waals surface area contributed by atoms with Crippen LogP contribution in [0, 0.1) is 5.92 Å². The van der Waals surface area contributed by atoms with E-state index in [4.69, 9.17) is 14.9 Å². The van der Waals surface area contributed by atoms with Crippen LogP contribution in [0.1, 0.15) is 20.8 Å². The van der Waals surface area contributed by atoms with Crippen molar-refractivity contribution >= 4 is 0 Å². The quantitative estimate of drug-likeness (QED) is 0.566. The molecule has 0 amide bonds. The predicted molar refractivity (Wildman–Crippen MR) is 38.5 cm³/mol. The first-order valence-electron chi connectivity index (χ1n) is 3.57. The zero-order chi connectivity index (χ0) is 8.15. The van der Waals surface area contributed by atoms with Crippen LogP contribution in [-0.4, -0.2) is 29.2 Å². The van der Waals surface area contributed by atoms with Gasteiger partial charge in [0.2, 0.25) is 0 Å². The first-order valence-corrected chi connectivity index (χ1v) is 3.57. The summed E-state index contributed by atoms with van der Waals surface area (Å²) in [7, 11) is 0. The molecule has 3 nitrogen and oxygen atoms in total. The van der Waals surface area contributed by atoms with Crippen molar-refractivity contribution in [2.24, 2.45) is 5.92 Å². The fourth-order valence-corrected chi connectivity index (χ4v) is 0.561. The van der Waals surface area contributed by atoms with Crippen molar-refractivity contribution in [3.63, 3.8) is 0 Å². The van der Waals surface area contributed by atoms with E-state index in [9.17, 15) is 0 Å². The fraction of sp³-hybridized carbons (Fsp3) is 1.00. The Labute approximate surface area is 61.6 Å². The molecule has 0 aromatic carbocycles. The van der Waals surface area contributed by atoms with Gasteiger partial charge in [0.25, 0.3) is 0 Å². The molecule has 0 saturated heterocycles. The molecular weight excluding hydrogens is 132 g/mol. The van der Waals surface area contributed by atoms with Crippen LogP contribution in [0.2, 0.25) is 0 Å². The highest BCUT2D eigenvalue weighted by atomic mass is 16.6. The van der Waals surface area contributed by atoms with Gasteiger partial charge in [-0.05, 0) is 13.8 Å². The topological polar surface area (TPSA) is 49.7 Å². The second kappa shape index (κ2) is 4.66. The zero-order valence-electron chi connectivity index (χ0n) is 6.74. The van der Waals surface area contributed by atoms with Crippen molar-refractivity contribution in [1.82, 2.24) is 0 Å². The lowest BCUT2D eigenvalue weighted by Gasteiger charge is -2.20. The molecule has 0 spiro atoms. The Morgan fingerprint density at radius 1 is 1.30 bits per heavy atom. The van der Waals surface area contributed by atoms with Gasteiger partial charge in [-0.2, -0.15) is 0 Å². The number of aliphatic hydroxyl groups is 2. The average molecular weight is 148 g/mol. The first-order chi connectivity index (χ1) is 4.59. The van der Waals surface area contributed by atoms with Gasteiger partial charge in [0.15, 0.2) is 6.29 Å². The van der Waals surface area contributed by atoms with Crippen LogP contribution in [0.3, 0.4) is 0 Å². The Kier molecular flexibility index (Phi) is 4.60. The molecule has 0 heterocycles. The van der Waals surface area contributed by atoms with E-state index in [0.717, 1.165) is 0 Å². The molecule has 3 atom stereocenters. The van der Waals surface area contributed by atoms with Crippen LogP contribution in [0.25, 0.3) is 0 Å². The summed E-state index contributed by atoms with van der Waals surface area (Å²) in [6.45, 7) is 5.65. The highest BCUT2D eigenvalue weighted by molar-refractivity contribution is 4.60. The minimum absolute atomic E-state index is 0.222. The lowest BCUT2D eigenvalue weighted by atomic mass is 10.1. The third-order valence-corrected chi connectivity index (χ3v) is 1.55. The summed E-state index contributed by atoms with van der Waals surface area (Å²) in [6.07, 6.45) is -1.37. The first kappa shape index (κ1) is 9.88. The summed E-state index contributed by atoms with van der Waals surface area (Å²) in [5.74, 6) is -0.222. The second-order valence-corrected chi connectivity index (χ2v) is 2.45. The maximum atomic E-state index is 9.11. The number of ether oxygens (including phenoxy) is 1. The Bertz CT molecular complexity index is 82.9. The summed E-state index contributed by atoms with van der Waals surface area (Å²) in [4.78, 5) is 0. The van der Waals surface area contributed by atoms with Crippen molar-refractivity contribution < 1.29 is 14.9 Å². The van der Waals surface area contributed by atoms with E-state index in [2.05, 4.69) is 0 Å². The summed E-state index contributed by atoms with van der Waals surface area (Å²) in [6, 6.07) is 0. The summed E-state index contributed by atoms with van der Waals surface area (Å²) >= 11 is 0. The van der Waals surface area contributed by atoms with Crippen LogP contribution in [0.4, 0.5) is 0 Å². The highest BCUT2D eigenvalue weighted by Crippen LogP contribution is 2.08. The van der Waals surface area contributed by atoms with Gasteiger partial charge >= 0.3 is 0 Å². The van der Waals surface area contributed by atoms with E-state index in [1.165, 1.54) is 0 Å². The molecule has 2 N–H and O–H groups in total. The molecule has 0 aliphatic rings. The molecule has 3 heteroatoms. The molecule has 0 unspecified atom stereocenters. The van der Waals surface area contributed by atoms with E-state index in [-0.39, 0.29) is 5.92 Å². The van der Waals surface area contributed by atoms with Gasteiger partial charge in [0.1, 0.15) is 0 Å². The molecule has 0 rings (SSSR count). The smallest absolute Gasteiger partial charge is 0.159 e. The van der Waals surface area contributed by atoms with Crippen molar-refractivity contribution in [2.45, 2.75) is 33.2 Å². The van der Waals surface area contributed by atoms with Gasteiger partial charge in [0.05, 0.1) is 6.10 Å². The average Bonchev–Trinajstić information content (AvgIpc) is 1.87. The number of rotatable bonds is 4. The lowest BCUT2D eigenvalue weighted by Crippen LogP contribution is -2.29. The van der Waals surface area contributed by atoms with Crippen molar-refractivity contribution in [3.8, 4) is 0 Å². The zero-order valence-corrected chi connectivity index (χ0v) is 6.74. The molecule has 0 radical (unpaired) electrons. The van der Waals surface area contributed by atoms with Crippen molar-refractivity contribution in [1.29, 1.82) is 0 Å². The summed E-state index contributed by atoms with van der Waals surface area (Å²) in [5.41, 5.74) is 0. The minimum Gasteiger partial charge on any atom is -0.393 e. The summed E-state index contributed by atoms with van der Waals surface area (Å²) in [5, 5.41) is 18.1. The summed E-state index contributed by atoms with van der Waals surface area (Å²) < 4.78 is 4.86. The van der Waals surface area contributed by atoms with Crippen LogP contribution in [0.15, 0.2) is 0 Å². The largest absolute Gasteiger partial charge is 0.393 e. The highest BCUT2D eigenvalue weighted by Gasteiger charge is 2.18. The SMILES string of the molecule is CCO[C@H](O)[C@@H](C)[C@H](C)O. The normalized spacial score (nSPS) is 20.1. The molecule has 62 valence electrons. The molecule has 0 fully saturated rings. The molecule has 10 heavy (non-hydrogen) atoms. The Morgan fingerprint density at radius 3 is 2.10 bits per heavy atom. The molecule has 0 aliphatic heterocycles. The maximum absolute atomic E-state index is 9.11. The molecule has 0 saturated carbocycles. The molecule has 0 aromatic heterocycles.